The van der Waals surface area contributed by atoms with Crippen LogP contribution in [0.25, 0.3) is 0 Å². The summed E-state index contributed by atoms with van der Waals surface area (Å²) in [5.74, 6) is -2.32. The van der Waals surface area contributed by atoms with Crippen LogP contribution >= 0.6 is 0 Å². The molecular formula is C11H15F2NO3S. The van der Waals surface area contributed by atoms with E-state index in [1.807, 2.05) is 13.8 Å². The van der Waals surface area contributed by atoms with Gasteiger partial charge in [-0.05, 0) is 18.4 Å². The van der Waals surface area contributed by atoms with Gasteiger partial charge in [0.05, 0.1) is 6.61 Å². The highest BCUT2D eigenvalue weighted by atomic mass is 32.2. The van der Waals surface area contributed by atoms with Crippen molar-refractivity contribution < 1.29 is 21.9 Å². The van der Waals surface area contributed by atoms with E-state index in [4.69, 9.17) is 9.88 Å². The van der Waals surface area contributed by atoms with Gasteiger partial charge in [-0.25, -0.2) is 22.3 Å². The standard InChI is InChI=1S/C11H15F2NO3S/c1-7(2)3-4-17-11-9(13)5-8(12)6-10(11)18(14,15)16/h5-7H,3-4H2,1-2H3,(H2,14,15,16). The average molecular weight is 279 g/mol. The molecule has 0 saturated carbocycles. The Bertz CT molecular complexity index is 529. The minimum absolute atomic E-state index is 0.128. The number of primary sulfonamides is 1. The summed E-state index contributed by atoms with van der Waals surface area (Å²) in [6.07, 6.45) is 0.612. The van der Waals surface area contributed by atoms with Crippen LogP contribution in [0.5, 0.6) is 5.75 Å². The summed E-state index contributed by atoms with van der Waals surface area (Å²) >= 11 is 0. The second kappa shape index (κ2) is 5.62. The smallest absolute Gasteiger partial charge is 0.241 e. The molecule has 1 aromatic carbocycles. The lowest BCUT2D eigenvalue weighted by molar-refractivity contribution is 0.268. The van der Waals surface area contributed by atoms with Gasteiger partial charge in [-0.3, -0.25) is 0 Å². The fraction of sp³-hybridized carbons (Fsp3) is 0.455. The molecule has 18 heavy (non-hydrogen) atoms. The molecule has 0 fully saturated rings. The molecule has 0 bridgehead atoms. The van der Waals surface area contributed by atoms with Gasteiger partial charge in [0.25, 0.3) is 0 Å². The molecule has 0 aromatic heterocycles. The molecule has 0 saturated heterocycles. The first kappa shape index (κ1) is 14.8. The second-order valence-electron chi connectivity index (χ2n) is 4.29. The Morgan fingerprint density at radius 3 is 2.44 bits per heavy atom. The third-order valence-electron chi connectivity index (χ3n) is 2.22. The van der Waals surface area contributed by atoms with Crippen LogP contribution in [-0.2, 0) is 10.0 Å². The average Bonchev–Trinajstić information content (AvgIpc) is 2.18. The van der Waals surface area contributed by atoms with Gasteiger partial charge in [-0.2, -0.15) is 0 Å². The van der Waals surface area contributed by atoms with Crippen LogP contribution in [0.2, 0.25) is 0 Å². The number of rotatable bonds is 5. The van der Waals surface area contributed by atoms with E-state index in [1.165, 1.54) is 0 Å². The lowest BCUT2D eigenvalue weighted by Gasteiger charge is -2.12. The van der Waals surface area contributed by atoms with Crippen LogP contribution in [0.4, 0.5) is 8.78 Å². The van der Waals surface area contributed by atoms with Crippen molar-refractivity contribution in [3.05, 3.63) is 23.8 Å². The van der Waals surface area contributed by atoms with Gasteiger partial charge >= 0.3 is 0 Å². The van der Waals surface area contributed by atoms with Crippen LogP contribution in [0.3, 0.4) is 0 Å². The Morgan fingerprint density at radius 2 is 1.94 bits per heavy atom. The summed E-state index contributed by atoms with van der Waals surface area (Å²) in [6.45, 7) is 4.00. The van der Waals surface area contributed by atoms with E-state index in [9.17, 15) is 17.2 Å². The zero-order chi connectivity index (χ0) is 13.9. The number of hydrogen-bond acceptors (Lipinski definition) is 3. The molecule has 0 aliphatic rings. The van der Waals surface area contributed by atoms with Crippen molar-refractivity contribution >= 4 is 10.0 Å². The molecule has 0 aliphatic heterocycles. The molecule has 2 N–H and O–H groups in total. The van der Waals surface area contributed by atoms with E-state index < -0.39 is 32.3 Å². The molecule has 0 radical (unpaired) electrons. The van der Waals surface area contributed by atoms with Gasteiger partial charge in [0.15, 0.2) is 11.6 Å². The summed E-state index contributed by atoms with van der Waals surface area (Å²) in [4.78, 5) is -0.677. The highest BCUT2D eigenvalue weighted by Crippen LogP contribution is 2.27. The zero-order valence-electron chi connectivity index (χ0n) is 10.1. The summed E-state index contributed by atoms with van der Waals surface area (Å²) in [5, 5.41) is 4.89. The molecule has 4 nitrogen and oxygen atoms in total. The Labute approximate surface area is 105 Å². The maximum atomic E-state index is 13.5. The van der Waals surface area contributed by atoms with Gasteiger partial charge in [-0.15, -0.1) is 0 Å². The number of sulfonamides is 1. The minimum atomic E-state index is -4.23. The highest BCUT2D eigenvalue weighted by Gasteiger charge is 2.21. The molecule has 0 amide bonds. The fourth-order valence-electron chi connectivity index (χ4n) is 1.28. The van der Waals surface area contributed by atoms with E-state index in [1.54, 1.807) is 0 Å². The quantitative estimate of drug-likeness (QED) is 0.896. The van der Waals surface area contributed by atoms with E-state index in [0.717, 1.165) is 0 Å². The van der Waals surface area contributed by atoms with Gasteiger partial charge in [-0.1, -0.05) is 13.8 Å². The summed E-state index contributed by atoms with van der Waals surface area (Å²) < 4.78 is 54.0. The highest BCUT2D eigenvalue weighted by molar-refractivity contribution is 7.89. The third-order valence-corrected chi connectivity index (χ3v) is 3.14. The van der Waals surface area contributed by atoms with Crippen LogP contribution in [0.15, 0.2) is 17.0 Å². The number of nitrogens with two attached hydrogens (primary N) is 1. The predicted octanol–water partition coefficient (Wildman–Crippen LogP) is 2.04. The van der Waals surface area contributed by atoms with Gasteiger partial charge in [0.1, 0.15) is 10.7 Å². The van der Waals surface area contributed by atoms with Crippen LogP contribution in [-0.4, -0.2) is 15.0 Å². The molecule has 0 spiro atoms. The largest absolute Gasteiger partial charge is 0.489 e. The molecule has 0 aliphatic carbocycles. The normalized spacial score (nSPS) is 11.9. The molecule has 0 unspecified atom stereocenters. The Balaban J connectivity index is 3.09. The van der Waals surface area contributed by atoms with Crippen molar-refractivity contribution in [3.8, 4) is 5.75 Å². The van der Waals surface area contributed by atoms with E-state index in [-0.39, 0.29) is 6.61 Å². The van der Waals surface area contributed by atoms with Crippen molar-refractivity contribution in [1.29, 1.82) is 0 Å². The Kier molecular flexibility index (Phi) is 4.64. The van der Waals surface area contributed by atoms with Crippen LogP contribution in [0.1, 0.15) is 20.3 Å². The molecule has 7 heteroatoms. The molecular weight excluding hydrogens is 264 g/mol. The lowest BCUT2D eigenvalue weighted by Crippen LogP contribution is -2.16. The van der Waals surface area contributed by atoms with Crippen LogP contribution < -0.4 is 9.88 Å². The molecule has 0 heterocycles. The maximum absolute atomic E-state index is 13.5. The van der Waals surface area contributed by atoms with Crippen molar-refractivity contribution in [3.63, 3.8) is 0 Å². The van der Waals surface area contributed by atoms with E-state index in [0.29, 0.717) is 24.5 Å². The topological polar surface area (TPSA) is 69.4 Å². The maximum Gasteiger partial charge on any atom is 0.241 e. The lowest BCUT2D eigenvalue weighted by atomic mass is 10.1. The van der Waals surface area contributed by atoms with Crippen molar-refractivity contribution in [2.24, 2.45) is 11.1 Å². The van der Waals surface area contributed by atoms with Crippen LogP contribution in [0, 0.1) is 17.6 Å². The third kappa shape index (κ3) is 3.92. The summed E-state index contributed by atoms with van der Waals surface area (Å²) in [7, 11) is -4.23. The van der Waals surface area contributed by atoms with Crippen molar-refractivity contribution in [2.45, 2.75) is 25.2 Å². The van der Waals surface area contributed by atoms with Gasteiger partial charge < -0.3 is 4.74 Å². The Morgan fingerprint density at radius 1 is 1.33 bits per heavy atom. The summed E-state index contributed by atoms with van der Waals surface area (Å²) in [6, 6.07) is 1.20. The SMILES string of the molecule is CC(C)CCOc1c(F)cc(F)cc1S(N)(=O)=O. The zero-order valence-corrected chi connectivity index (χ0v) is 10.9. The van der Waals surface area contributed by atoms with Crippen molar-refractivity contribution in [2.75, 3.05) is 6.61 Å². The monoisotopic (exact) mass is 279 g/mol. The first-order valence-electron chi connectivity index (χ1n) is 5.36. The molecule has 0 atom stereocenters. The number of hydrogen-bond donors (Lipinski definition) is 1. The fourth-order valence-corrected chi connectivity index (χ4v) is 1.98. The second-order valence-corrected chi connectivity index (χ2v) is 5.82. The first-order valence-corrected chi connectivity index (χ1v) is 6.91. The number of ether oxygens (including phenoxy) is 1. The molecule has 102 valence electrons. The predicted molar refractivity (Wildman–Crippen MR) is 62.7 cm³/mol. The number of benzene rings is 1. The van der Waals surface area contributed by atoms with E-state index in [2.05, 4.69) is 0 Å². The van der Waals surface area contributed by atoms with Gasteiger partial charge in [0.2, 0.25) is 10.0 Å². The van der Waals surface area contributed by atoms with Crippen molar-refractivity contribution in [1.82, 2.24) is 0 Å². The first-order chi connectivity index (χ1) is 8.21. The summed E-state index contributed by atoms with van der Waals surface area (Å²) in [5.41, 5.74) is 0. The number of halogens is 2. The minimum Gasteiger partial charge on any atom is -0.489 e. The Hall–Kier alpha value is -1.21. The van der Waals surface area contributed by atoms with E-state index >= 15 is 0 Å². The molecule has 1 rings (SSSR count). The van der Waals surface area contributed by atoms with Gasteiger partial charge in [0, 0.05) is 6.07 Å². The molecule has 1 aromatic rings.